The molecule has 2 atom stereocenters. The number of carbonyl (C=O) groups is 1. The zero-order chi connectivity index (χ0) is 12.3. The van der Waals surface area contributed by atoms with E-state index >= 15 is 0 Å². The maximum Gasteiger partial charge on any atom is 0.252 e. The summed E-state index contributed by atoms with van der Waals surface area (Å²) in [6.07, 6.45) is -3.68. The Morgan fingerprint density at radius 2 is 1.81 bits per heavy atom. The molecule has 6 nitrogen and oxygen atoms in total. The lowest BCUT2D eigenvalue weighted by atomic mass is 9.79. The first-order valence-electron chi connectivity index (χ1n) is 5.45. The first-order chi connectivity index (χ1) is 7.40. The number of aliphatic hydroxyl groups is 4. The molecule has 5 N–H and O–H groups in total. The van der Waals surface area contributed by atoms with E-state index in [-0.39, 0.29) is 12.8 Å². The zero-order valence-electron chi connectivity index (χ0n) is 9.26. The Balaban J connectivity index is 2.66. The summed E-state index contributed by atoms with van der Waals surface area (Å²) in [5.74, 6) is -0.612. The lowest BCUT2D eigenvalue weighted by molar-refractivity contribution is -0.172. The highest BCUT2D eigenvalue weighted by molar-refractivity contribution is 5.85. The fourth-order valence-corrected chi connectivity index (χ4v) is 1.86. The van der Waals surface area contributed by atoms with Crippen molar-refractivity contribution >= 4 is 5.91 Å². The van der Waals surface area contributed by atoms with Gasteiger partial charge in [0.05, 0.1) is 12.2 Å². The molecule has 6 heteroatoms. The number of rotatable bonds is 3. The molecular weight excluding hydrogens is 214 g/mol. The van der Waals surface area contributed by atoms with Crippen LogP contribution in [0, 0.1) is 0 Å². The van der Waals surface area contributed by atoms with Crippen LogP contribution in [0.1, 0.15) is 26.2 Å². The van der Waals surface area contributed by atoms with Gasteiger partial charge in [0.25, 0.3) is 5.91 Å². The van der Waals surface area contributed by atoms with E-state index in [1.165, 1.54) is 0 Å². The minimum Gasteiger partial charge on any atom is -0.390 e. The quantitative estimate of drug-likeness (QED) is 0.392. The van der Waals surface area contributed by atoms with E-state index < -0.39 is 29.8 Å². The molecule has 0 aromatic heterocycles. The summed E-state index contributed by atoms with van der Waals surface area (Å²) in [4.78, 5) is 11.6. The molecule has 1 aliphatic carbocycles. The van der Waals surface area contributed by atoms with Crippen LogP contribution in [0.5, 0.6) is 0 Å². The molecule has 0 aliphatic heterocycles. The number of nitrogens with one attached hydrogen (secondary N) is 1. The Bertz CT molecular complexity index is 246. The predicted octanol–water partition coefficient (Wildman–Crippen LogP) is -1.88. The average Bonchev–Trinajstić information content (AvgIpc) is 2.22. The van der Waals surface area contributed by atoms with Gasteiger partial charge in [0.15, 0.2) is 0 Å². The lowest BCUT2D eigenvalue weighted by Crippen LogP contribution is -2.59. The Hall–Kier alpha value is -0.690. The SMILES string of the molecule is CCCNC(=O)C1(O)C[C@@H](O)C(O)[C@H](O)C1. The van der Waals surface area contributed by atoms with Crippen molar-refractivity contribution in [2.45, 2.75) is 50.1 Å². The number of hydrogen-bond acceptors (Lipinski definition) is 5. The molecule has 0 bridgehead atoms. The molecule has 1 rings (SSSR count). The molecule has 0 heterocycles. The monoisotopic (exact) mass is 233 g/mol. The van der Waals surface area contributed by atoms with Gasteiger partial charge in [0.1, 0.15) is 11.7 Å². The molecule has 94 valence electrons. The van der Waals surface area contributed by atoms with Crippen LogP contribution in [-0.2, 0) is 4.79 Å². The van der Waals surface area contributed by atoms with Gasteiger partial charge in [-0.25, -0.2) is 0 Å². The third kappa shape index (κ3) is 2.70. The van der Waals surface area contributed by atoms with Crippen LogP contribution in [0.3, 0.4) is 0 Å². The third-order valence-electron chi connectivity index (χ3n) is 2.84. The van der Waals surface area contributed by atoms with E-state index in [0.29, 0.717) is 6.54 Å². The second kappa shape index (κ2) is 5.09. The zero-order valence-corrected chi connectivity index (χ0v) is 9.26. The van der Waals surface area contributed by atoms with Crippen molar-refractivity contribution < 1.29 is 25.2 Å². The van der Waals surface area contributed by atoms with E-state index in [1.807, 2.05) is 6.92 Å². The van der Waals surface area contributed by atoms with E-state index in [0.717, 1.165) is 6.42 Å². The van der Waals surface area contributed by atoms with Crippen LogP contribution in [0.2, 0.25) is 0 Å². The molecule has 1 aliphatic rings. The van der Waals surface area contributed by atoms with Crippen molar-refractivity contribution in [2.24, 2.45) is 0 Å². The minimum absolute atomic E-state index is 0.263. The maximum absolute atomic E-state index is 11.6. The Morgan fingerprint density at radius 1 is 1.31 bits per heavy atom. The van der Waals surface area contributed by atoms with Crippen LogP contribution in [0.15, 0.2) is 0 Å². The molecule has 0 aromatic carbocycles. The average molecular weight is 233 g/mol. The Kier molecular flexibility index (Phi) is 4.26. The number of amides is 1. The van der Waals surface area contributed by atoms with Crippen LogP contribution in [0.25, 0.3) is 0 Å². The largest absolute Gasteiger partial charge is 0.390 e. The summed E-state index contributed by atoms with van der Waals surface area (Å²) in [6, 6.07) is 0. The van der Waals surface area contributed by atoms with Crippen LogP contribution >= 0.6 is 0 Å². The highest BCUT2D eigenvalue weighted by Gasteiger charge is 2.47. The summed E-state index contributed by atoms with van der Waals surface area (Å²) in [5, 5.41) is 40.6. The lowest BCUT2D eigenvalue weighted by Gasteiger charge is -2.39. The molecule has 0 aromatic rings. The molecule has 16 heavy (non-hydrogen) atoms. The van der Waals surface area contributed by atoms with E-state index in [1.54, 1.807) is 0 Å². The van der Waals surface area contributed by atoms with E-state index in [4.69, 9.17) is 0 Å². The predicted molar refractivity (Wildman–Crippen MR) is 55.5 cm³/mol. The summed E-state index contributed by atoms with van der Waals surface area (Å²) in [5.41, 5.74) is -1.80. The van der Waals surface area contributed by atoms with E-state index in [2.05, 4.69) is 5.32 Å². The second-order valence-corrected chi connectivity index (χ2v) is 4.32. The van der Waals surface area contributed by atoms with Gasteiger partial charge >= 0.3 is 0 Å². The number of hydrogen-bond donors (Lipinski definition) is 5. The first kappa shape index (κ1) is 13.4. The summed E-state index contributed by atoms with van der Waals surface area (Å²) in [7, 11) is 0. The fraction of sp³-hybridized carbons (Fsp3) is 0.900. The van der Waals surface area contributed by atoms with Gasteiger partial charge in [-0.05, 0) is 6.42 Å². The first-order valence-corrected chi connectivity index (χ1v) is 5.45. The van der Waals surface area contributed by atoms with Crippen molar-refractivity contribution in [1.82, 2.24) is 5.32 Å². The van der Waals surface area contributed by atoms with E-state index in [9.17, 15) is 25.2 Å². The molecule has 0 spiro atoms. The van der Waals surface area contributed by atoms with Crippen molar-refractivity contribution in [3.8, 4) is 0 Å². The van der Waals surface area contributed by atoms with Gasteiger partial charge < -0.3 is 25.7 Å². The number of carbonyl (C=O) groups excluding carboxylic acids is 1. The normalized spacial score (nSPS) is 39.4. The Labute approximate surface area is 93.9 Å². The summed E-state index contributed by atoms with van der Waals surface area (Å²) in [6.45, 7) is 2.30. The highest BCUT2D eigenvalue weighted by atomic mass is 16.4. The van der Waals surface area contributed by atoms with Gasteiger partial charge in [-0.2, -0.15) is 0 Å². The van der Waals surface area contributed by atoms with Gasteiger partial charge in [0.2, 0.25) is 0 Å². The summed E-state index contributed by atoms with van der Waals surface area (Å²) >= 11 is 0. The molecule has 1 saturated carbocycles. The van der Waals surface area contributed by atoms with Crippen molar-refractivity contribution in [1.29, 1.82) is 0 Å². The number of aliphatic hydroxyl groups excluding tert-OH is 3. The standard InChI is InChI=1S/C10H19NO5/c1-2-3-11-9(15)10(16)4-6(12)8(14)7(13)5-10/h6-8,12-14,16H,2-5H2,1H3,(H,11,15)/t6-,7-,8?,10?/m1/s1. The van der Waals surface area contributed by atoms with Crippen molar-refractivity contribution in [3.63, 3.8) is 0 Å². The maximum atomic E-state index is 11.6. The highest BCUT2D eigenvalue weighted by Crippen LogP contribution is 2.29. The smallest absolute Gasteiger partial charge is 0.252 e. The molecule has 0 saturated heterocycles. The molecule has 1 amide bonds. The summed E-state index contributed by atoms with van der Waals surface area (Å²) < 4.78 is 0. The topological polar surface area (TPSA) is 110 Å². The van der Waals surface area contributed by atoms with Crippen molar-refractivity contribution in [3.05, 3.63) is 0 Å². The van der Waals surface area contributed by atoms with Crippen LogP contribution in [0.4, 0.5) is 0 Å². The molecule has 0 radical (unpaired) electrons. The third-order valence-corrected chi connectivity index (χ3v) is 2.84. The molecular formula is C10H19NO5. The van der Waals surface area contributed by atoms with Crippen molar-refractivity contribution in [2.75, 3.05) is 6.54 Å². The van der Waals surface area contributed by atoms with Gasteiger partial charge in [-0.1, -0.05) is 6.92 Å². The van der Waals surface area contributed by atoms with Crippen LogP contribution < -0.4 is 5.32 Å². The Morgan fingerprint density at radius 3 is 2.25 bits per heavy atom. The molecule has 0 unspecified atom stereocenters. The second-order valence-electron chi connectivity index (χ2n) is 4.32. The van der Waals surface area contributed by atoms with Gasteiger partial charge in [-0.15, -0.1) is 0 Å². The van der Waals surface area contributed by atoms with Gasteiger partial charge in [0, 0.05) is 19.4 Å². The van der Waals surface area contributed by atoms with Crippen LogP contribution in [-0.4, -0.2) is 56.8 Å². The van der Waals surface area contributed by atoms with Gasteiger partial charge in [-0.3, -0.25) is 4.79 Å². The minimum atomic E-state index is -1.80. The fourth-order valence-electron chi connectivity index (χ4n) is 1.86. The molecule has 1 fully saturated rings.